The second kappa shape index (κ2) is 7.64. The molecule has 0 spiro atoms. The molecule has 0 radical (unpaired) electrons. The number of anilines is 1. The lowest BCUT2D eigenvalue weighted by Gasteiger charge is -2.26. The van der Waals surface area contributed by atoms with E-state index >= 15 is 0 Å². The minimum atomic E-state index is -0.285. The highest BCUT2D eigenvalue weighted by Crippen LogP contribution is 2.30. The van der Waals surface area contributed by atoms with E-state index in [1.165, 1.54) is 0 Å². The van der Waals surface area contributed by atoms with Gasteiger partial charge in [0.25, 0.3) is 5.56 Å². The second-order valence-electron chi connectivity index (χ2n) is 7.21. The number of rotatable bonds is 4. The molecule has 146 valence electrons. The molecule has 2 heterocycles. The number of hydrogen-bond donors (Lipinski definition) is 0. The number of morpholine rings is 1. The highest BCUT2D eigenvalue weighted by Gasteiger charge is 2.21. The van der Waals surface area contributed by atoms with Gasteiger partial charge in [-0.1, -0.05) is 12.1 Å². The number of aromatic nitrogens is 1. The third-order valence-electron chi connectivity index (χ3n) is 4.90. The Morgan fingerprint density at radius 1 is 1.11 bits per heavy atom. The van der Waals surface area contributed by atoms with Gasteiger partial charge in [0, 0.05) is 18.7 Å². The first-order valence-electron chi connectivity index (χ1n) is 9.52. The molecule has 4 rings (SSSR count). The van der Waals surface area contributed by atoms with Crippen molar-refractivity contribution in [1.29, 1.82) is 0 Å². The van der Waals surface area contributed by atoms with Crippen molar-refractivity contribution < 1.29 is 13.9 Å². The normalized spacial score (nSPS) is 15.6. The van der Waals surface area contributed by atoms with E-state index in [0.717, 1.165) is 22.4 Å². The van der Waals surface area contributed by atoms with Crippen LogP contribution in [-0.4, -0.2) is 31.3 Å². The summed E-state index contributed by atoms with van der Waals surface area (Å²) in [6.45, 7) is 8.44. The molecule has 1 atom stereocenters. The van der Waals surface area contributed by atoms with Crippen molar-refractivity contribution in [2.75, 3.05) is 31.2 Å². The van der Waals surface area contributed by atoms with Crippen LogP contribution in [0.1, 0.15) is 29.7 Å². The lowest BCUT2D eigenvalue weighted by Crippen LogP contribution is -2.37. The number of hydrogen-bond acceptors (Lipinski definition) is 6. The molecular formula is C22H24N2O4. The van der Waals surface area contributed by atoms with Crippen LogP contribution in [-0.2, 0) is 4.74 Å². The monoisotopic (exact) mass is 380 g/mol. The Bertz CT molecular complexity index is 1050. The summed E-state index contributed by atoms with van der Waals surface area (Å²) in [6, 6.07) is 12.1. The van der Waals surface area contributed by atoms with Gasteiger partial charge >= 0.3 is 6.01 Å². The van der Waals surface area contributed by atoms with Gasteiger partial charge in [-0.05, 0) is 56.2 Å². The summed E-state index contributed by atoms with van der Waals surface area (Å²) in [6.07, 6.45) is -0.285. The second-order valence-corrected chi connectivity index (χ2v) is 7.21. The first-order valence-corrected chi connectivity index (χ1v) is 9.52. The van der Waals surface area contributed by atoms with Gasteiger partial charge in [0.05, 0.1) is 18.6 Å². The molecule has 6 nitrogen and oxygen atoms in total. The molecule has 0 bridgehead atoms. The third kappa shape index (κ3) is 3.73. The first-order chi connectivity index (χ1) is 13.5. The molecule has 28 heavy (non-hydrogen) atoms. The largest absolute Gasteiger partial charge is 0.486 e. The minimum absolute atomic E-state index is 0.282. The van der Waals surface area contributed by atoms with Crippen LogP contribution in [0.3, 0.4) is 0 Å². The molecular weight excluding hydrogens is 356 g/mol. The molecule has 1 aromatic heterocycles. The van der Waals surface area contributed by atoms with Crippen molar-refractivity contribution in [1.82, 2.24) is 4.98 Å². The van der Waals surface area contributed by atoms with Gasteiger partial charge in [0.1, 0.15) is 11.9 Å². The number of nitrogens with zero attached hydrogens (tertiary/aromatic N) is 2. The molecule has 3 aromatic rings. The zero-order valence-electron chi connectivity index (χ0n) is 16.4. The van der Waals surface area contributed by atoms with Crippen LogP contribution in [0.4, 0.5) is 6.01 Å². The summed E-state index contributed by atoms with van der Waals surface area (Å²) < 4.78 is 17.7. The molecule has 2 aromatic carbocycles. The first kappa shape index (κ1) is 18.5. The fourth-order valence-corrected chi connectivity index (χ4v) is 3.48. The maximum atomic E-state index is 12.7. The Kier molecular flexibility index (Phi) is 5.05. The average Bonchev–Trinajstić information content (AvgIpc) is 2.68. The fourth-order valence-electron chi connectivity index (χ4n) is 3.48. The average molecular weight is 380 g/mol. The van der Waals surface area contributed by atoms with Crippen molar-refractivity contribution in [2.24, 2.45) is 0 Å². The Hall–Kier alpha value is -2.86. The van der Waals surface area contributed by atoms with Crippen molar-refractivity contribution in [3.63, 3.8) is 0 Å². The third-order valence-corrected chi connectivity index (χ3v) is 4.90. The molecule has 1 unspecified atom stereocenters. The van der Waals surface area contributed by atoms with Crippen molar-refractivity contribution >= 4 is 17.0 Å². The van der Waals surface area contributed by atoms with Crippen molar-refractivity contribution in [3.05, 3.63) is 63.4 Å². The topological polar surface area (TPSA) is 64.8 Å². The highest BCUT2D eigenvalue weighted by atomic mass is 16.5. The molecule has 1 fully saturated rings. The summed E-state index contributed by atoms with van der Waals surface area (Å²) in [5.41, 5.74) is 3.19. The quantitative estimate of drug-likeness (QED) is 0.686. The lowest BCUT2D eigenvalue weighted by molar-refractivity contribution is 0.120. The highest BCUT2D eigenvalue weighted by molar-refractivity contribution is 5.81. The van der Waals surface area contributed by atoms with Gasteiger partial charge < -0.3 is 18.8 Å². The lowest BCUT2D eigenvalue weighted by atomic mass is 10.0. The fraction of sp³-hybridized carbons (Fsp3) is 0.364. The van der Waals surface area contributed by atoms with E-state index in [0.29, 0.717) is 43.3 Å². The standard InChI is InChI=1S/C22H24N2O4/c1-14-5-4-6-17(11-14)27-16(3)18-12-15(2)13-19-20(18)28-22(23-21(19)25)24-7-9-26-10-8-24/h4-6,11-13,16H,7-10H2,1-3H3. The smallest absolute Gasteiger partial charge is 0.301 e. The van der Waals surface area contributed by atoms with Gasteiger partial charge in [-0.3, -0.25) is 4.79 Å². The van der Waals surface area contributed by atoms with Crippen LogP contribution in [0.15, 0.2) is 45.6 Å². The summed E-state index contributed by atoms with van der Waals surface area (Å²) in [5, 5.41) is 0.478. The number of aryl methyl sites for hydroxylation is 2. The number of ether oxygens (including phenoxy) is 2. The minimum Gasteiger partial charge on any atom is -0.486 e. The maximum absolute atomic E-state index is 12.7. The van der Waals surface area contributed by atoms with Crippen LogP contribution in [0.5, 0.6) is 5.75 Å². The van der Waals surface area contributed by atoms with Crippen molar-refractivity contribution in [2.45, 2.75) is 26.9 Å². The Morgan fingerprint density at radius 3 is 2.64 bits per heavy atom. The van der Waals surface area contributed by atoms with Crippen molar-refractivity contribution in [3.8, 4) is 5.75 Å². The molecule has 0 amide bonds. The van der Waals surface area contributed by atoms with E-state index in [1.807, 2.05) is 62.1 Å². The molecule has 1 aliphatic rings. The van der Waals surface area contributed by atoms with Gasteiger partial charge in [-0.25, -0.2) is 0 Å². The summed E-state index contributed by atoms with van der Waals surface area (Å²) in [4.78, 5) is 18.8. The zero-order chi connectivity index (χ0) is 19.7. The number of benzene rings is 2. The Balaban J connectivity index is 1.77. The molecule has 0 aliphatic carbocycles. The van der Waals surface area contributed by atoms with Crippen LogP contribution in [0.2, 0.25) is 0 Å². The Labute approximate surface area is 163 Å². The van der Waals surface area contributed by atoms with Gasteiger partial charge in [0.2, 0.25) is 0 Å². The van der Waals surface area contributed by atoms with Crippen LogP contribution >= 0.6 is 0 Å². The number of fused-ring (bicyclic) bond motifs is 1. The van der Waals surface area contributed by atoms with Crippen LogP contribution in [0, 0.1) is 13.8 Å². The van der Waals surface area contributed by atoms with Gasteiger partial charge in [0.15, 0.2) is 5.58 Å². The molecule has 0 saturated carbocycles. The van der Waals surface area contributed by atoms with Gasteiger partial charge in [-0.2, -0.15) is 4.98 Å². The van der Waals surface area contributed by atoms with E-state index in [2.05, 4.69) is 4.98 Å². The zero-order valence-corrected chi connectivity index (χ0v) is 16.4. The summed E-state index contributed by atoms with van der Waals surface area (Å²) in [5.74, 6) is 0.784. The van der Waals surface area contributed by atoms with Gasteiger partial charge in [-0.15, -0.1) is 0 Å². The van der Waals surface area contributed by atoms with E-state index < -0.39 is 0 Å². The van der Waals surface area contributed by atoms with E-state index in [9.17, 15) is 4.79 Å². The summed E-state index contributed by atoms with van der Waals surface area (Å²) >= 11 is 0. The predicted molar refractivity (Wildman–Crippen MR) is 108 cm³/mol. The summed E-state index contributed by atoms with van der Waals surface area (Å²) in [7, 11) is 0. The van der Waals surface area contributed by atoms with Crippen LogP contribution < -0.4 is 15.2 Å². The molecule has 6 heteroatoms. The SMILES string of the molecule is Cc1cccc(OC(C)c2cc(C)cc3c(=O)nc(N4CCOCC4)oc23)c1. The van der Waals surface area contributed by atoms with E-state index in [1.54, 1.807) is 0 Å². The molecule has 1 aliphatic heterocycles. The predicted octanol–water partition coefficient (Wildman–Crippen LogP) is 3.78. The Morgan fingerprint density at radius 2 is 1.89 bits per heavy atom. The molecule has 0 N–H and O–H groups in total. The van der Waals surface area contributed by atoms with E-state index in [4.69, 9.17) is 13.9 Å². The maximum Gasteiger partial charge on any atom is 0.301 e. The van der Waals surface area contributed by atoms with E-state index in [-0.39, 0.29) is 11.7 Å². The van der Waals surface area contributed by atoms with Crippen LogP contribution in [0.25, 0.3) is 11.0 Å². The molecule has 1 saturated heterocycles.